The molecule has 0 fully saturated rings. The van der Waals surface area contributed by atoms with Crippen LogP contribution in [0.5, 0.6) is 5.75 Å². The second kappa shape index (κ2) is 11.1. The number of unbranched alkanes of at least 4 members (excludes halogenated alkanes) is 1. The Hall–Kier alpha value is -3.17. The molecule has 0 bridgehead atoms. The SMILES string of the molecule is CCCCc1nc2c(N)nc3ccc(CNC(=O)CCl)cc3c2n1Cc1ccc(OP(=O)(O)O)c(C)c1. The maximum absolute atomic E-state index is 11.7. The van der Waals surface area contributed by atoms with E-state index in [1.165, 1.54) is 0 Å². The number of amides is 1. The van der Waals surface area contributed by atoms with Gasteiger partial charge >= 0.3 is 7.82 Å². The number of hydrogen-bond donors (Lipinski definition) is 4. The number of aromatic nitrogens is 3. The van der Waals surface area contributed by atoms with E-state index in [2.05, 4.69) is 21.8 Å². The molecule has 2 aromatic heterocycles. The van der Waals surface area contributed by atoms with E-state index < -0.39 is 7.82 Å². The van der Waals surface area contributed by atoms with Crippen LogP contribution < -0.4 is 15.6 Å². The number of phosphoric acid groups is 1. The average molecular weight is 546 g/mol. The number of nitrogens with two attached hydrogens (primary N) is 1. The number of carbonyl (C=O) groups excluding carboxylic acids is 1. The number of carbonyl (C=O) groups is 1. The summed E-state index contributed by atoms with van der Waals surface area (Å²) in [6, 6.07) is 10.9. The summed E-state index contributed by atoms with van der Waals surface area (Å²) in [5.41, 5.74) is 10.9. The quantitative estimate of drug-likeness (QED) is 0.171. The largest absolute Gasteiger partial charge is 0.524 e. The molecule has 10 nitrogen and oxygen atoms in total. The third-order valence-corrected chi connectivity index (χ3v) is 6.69. The molecule has 196 valence electrons. The molecular formula is C25H29ClN5O5P. The lowest BCUT2D eigenvalue weighted by atomic mass is 10.1. The zero-order chi connectivity index (χ0) is 26.7. The summed E-state index contributed by atoms with van der Waals surface area (Å²) in [5, 5.41) is 3.64. The van der Waals surface area contributed by atoms with Gasteiger partial charge in [0.05, 0.1) is 11.0 Å². The lowest BCUT2D eigenvalue weighted by molar-refractivity contribution is -0.118. The van der Waals surface area contributed by atoms with Crippen molar-refractivity contribution in [1.29, 1.82) is 0 Å². The van der Waals surface area contributed by atoms with Gasteiger partial charge in [-0.2, -0.15) is 0 Å². The maximum Gasteiger partial charge on any atom is 0.524 e. The standard InChI is InChI=1S/C25H29ClN5O5P/c1-3-4-5-21-30-23-24(31(21)14-17-7-9-20(15(2)10-17)36-37(33,34)35)18-11-16(13-28-22(32)12-26)6-8-19(18)29-25(23)27/h6-11H,3-5,12-14H2,1-2H3,(H2,27,29)(H,28,32)(H2,33,34,35). The van der Waals surface area contributed by atoms with Gasteiger partial charge in [-0.1, -0.05) is 31.5 Å². The highest BCUT2D eigenvalue weighted by atomic mass is 35.5. The van der Waals surface area contributed by atoms with Crippen LogP contribution in [-0.4, -0.2) is 36.1 Å². The molecule has 4 aromatic rings. The van der Waals surface area contributed by atoms with Crippen LogP contribution in [0.4, 0.5) is 5.82 Å². The maximum atomic E-state index is 11.7. The number of aryl methyl sites for hydroxylation is 2. The summed E-state index contributed by atoms with van der Waals surface area (Å²) < 4.78 is 18.2. The van der Waals surface area contributed by atoms with Gasteiger partial charge < -0.3 is 20.1 Å². The predicted octanol–water partition coefficient (Wildman–Crippen LogP) is 4.19. The Balaban J connectivity index is 1.83. The molecule has 12 heteroatoms. The number of nitrogens with zero attached hydrogens (tertiary/aromatic N) is 3. The lowest BCUT2D eigenvalue weighted by Crippen LogP contribution is -2.23. The van der Waals surface area contributed by atoms with Gasteiger partial charge in [-0.15, -0.1) is 11.6 Å². The van der Waals surface area contributed by atoms with E-state index in [9.17, 15) is 19.1 Å². The molecule has 0 spiro atoms. The summed E-state index contributed by atoms with van der Waals surface area (Å²) in [6.07, 6.45) is 2.68. The lowest BCUT2D eigenvalue weighted by Gasteiger charge is -2.14. The first-order chi connectivity index (χ1) is 17.6. The smallest absolute Gasteiger partial charge is 0.404 e. The minimum Gasteiger partial charge on any atom is -0.404 e. The van der Waals surface area contributed by atoms with Crippen molar-refractivity contribution in [2.45, 2.75) is 46.2 Å². The Labute approximate surface area is 219 Å². The van der Waals surface area contributed by atoms with Gasteiger partial charge in [0.1, 0.15) is 23.0 Å². The number of anilines is 1. The zero-order valence-electron chi connectivity index (χ0n) is 20.6. The molecule has 2 aromatic carbocycles. The van der Waals surface area contributed by atoms with Crippen LogP contribution in [0.1, 0.15) is 42.3 Å². The van der Waals surface area contributed by atoms with E-state index in [0.29, 0.717) is 35.5 Å². The molecule has 0 aliphatic heterocycles. The Kier molecular flexibility index (Phi) is 8.04. The first-order valence-electron chi connectivity index (χ1n) is 11.8. The fraction of sp³-hybridized carbons (Fsp3) is 0.320. The minimum absolute atomic E-state index is 0.110. The fourth-order valence-corrected chi connectivity index (χ4v) is 4.84. The number of benzene rings is 2. The Bertz CT molecular complexity index is 1520. The molecule has 0 radical (unpaired) electrons. The Morgan fingerprint density at radius 2 is 1.95 bits per heavy atom. The van der Waals surface area contributed by atoms with E-state index in [4.69, 9.17) is 26.8 Å². The van der Waals surface area contributed by atoms with E-state index in [0.717, 1.165) is 47.1 Å². The summed E-state index contributed by atoms with van der Waals surface area (Å²) in [4.78, 5) is 39.4. The number of pyridine rings is 1. The Morgan fingerprint density at radius 1 is 1.19 bits per heavy atom. The molecule has 0 saturated heterocycles. The molecular weight excluding hydrogens is 517 g/mol. The van der Waals surface area contributed by atoms with Crippen molar-refractivity contribution < 1.29 is 23.7 Å². The number of hydrogen-bond acceptors (Lipinski definition) is 6. The monoisotopic (exact) mass is 545 g/mol. The first kappa shape index (κ1) is 26.9. The van der Waals surface area contributed by atoms with Crippen molar-refractivity contribution in [3.63, 3.8) is 0 Å². The third kappa shape index (κ3) is 6.22. The van der Waals surface area contributed by atoms with Crippen LogP contribution >= 0.6 is 19.4 Å². The van der Waals surface area contributed by atoms with Crippen LogP contribution in [-0.2, 0) is 28.9 Å². The van der Waals surface area contributed by atoms with Crippen molar-refractivity contribution in [2.75, 3.05) is 11.6 Å². The number of fused-ring (bicyclic) bond motifs is 3. The number of phosphoric ester groups is 1. The van der Waals surface area contributed by atoms with Gasteiger partial charge in [-0.25, -0.2) is 14.5 Å². The van der Waals surface area contributed by atoms with Crippen LogP contribution in [0.25, 0.3) is 21.9 Å². The topological polar surface area (TPSA) is 153 Å². The number of nitrogen functional groups attached to an aromatic ring is 1. The molecule has 0 saturated carbocycles. The van der Waals surface area contributed by atoms with Gasteiger partial charge in [-0.05, 0) is 48.2 Å². The molecule has 1 amide bonds. The molecule has 0 atom stereocenters. The normalized spacial score (nSPS) is 11.8. The van der Waals surface area contributed by atoms with E-state index in [1.807, 2.05) is 24.3 Å². The van der Waals surface area contributed by atoms with Crippen LogP contribution in [0.2, 0.25) is 0 Å². The van der Waals surface area contributed by atoms with E-state index >= 15 is 0 Å². The highest BCUT2D eigenvalue weighted by Gasteiger charge is 2.20. The molecule has 0 aliphatic rings. The van der Waals surface area contributed by atoms with Gasteiger partial charge in [0, 0.05) is 24.9 Å². The van der Waals surface area contributed by atoms with E-state index in [-0.39, 0.29) is 17.5 Å². The first-order valence-corrected chi connectivity index (χ1v) is 13.9. The zero-order valence-corrected chi connectivity index (χ0v) is 22.2. The van der Waals surface area contributed by atoms with Crippen molar-refractivity contribution >= 4 is 53.1 Å². The number of imidazole rings is 1. The highest BCUT2D eigenvalue weighted by Crippen LogP contribution is 2.39. The van der Waals surface area contributed by atoms with Crippen LogP contribution in [0.3, 0.4) is 0 Å². The molecule has 0 unspecified atom stereocenters. The van der Waals surface area contributed by atoms with Gasteiger partial charge in [0.25, 0.3) is 0 Å². The number of rotatable bonds is 10. The number of nitrogens with one attached hydrogen (secondary N) is 1. The minimum atomic E-state index is -4.66. The average Bonchev–Trinajstić information content (AvgIpc) is 3.21. The van der Waals surface area contributed by atoms with Gasteiger partial charge in [0.15, 0.2) is 5.82 Å². The van der Waals surface area contributed by atoms with E-state index in [1.54, 1.807) is 19.1 Å². The number of halogens is 1. The summed E-state index contributed by atoms with van der Waals surface area (Å²) in [5.74, 6) is 0.966. The molecule has 5 N–H and O–H groups in total. The number of alkyl halides is 1. The summed E-state index contributed by atoms with van der Waals surface area (Å²) in [6.45, 7) is 4.63. The highest BCUT2D eigenvalue weighted by molar-refractivity contribution is 7.46. The van der Waals surface area contributed by atoms with Crippen LogP contribution in [0, 0.1) is 6.92 Å². The van der Waals surface area contributed by atoms with Crippen LogP contribution in [0.15, 0.2) is 36.4 Å². The van der Waals surface area contributed by atoms with Gasteiger partial charge in [-0.3, -0.25) is 14.6 Å². The molecule has 2 heterocycles. The molecule has 4 rings (SSSR count). The summed E-state index contributed by atoms with van der Waals surface area (Å²) in [7, 11) is -4.66. The third-order valence-electron chi connectivity index (χ3n) is 6.01. The molecule has 37 heavy (non-hydrogen) atoms. The van der Waals surface area contributed by atoms with Crippen molar-refractivity contribution in [3.8, 4) is 5.75 Å². The summed E-state index contributed by atoms with van der Waals surface area (Å²) >= 11 is 5.61. The van der Waals surface area contributed by atoms with Crippen molar-refractivity contribution in [2.24, 2.45) is 0 Å². The Morgan fingerprint density at radius 3 is 2.62 bits per heavy atom. The second-order valence-corrected chi connectivity index (χ2v) is 10.3. The predicted molar refractivity (Wildman–Crippen MR) is 144 cm³/mol. The molecule has 0 aliphatic carbocycles. The second-order valence-electron chi connectivity index (χ2n) is 8.86. The fourth-order valence-electron chi connectivity index (χ4n) is 4.28. The van der Waals surface area contributed by atoms with Gasteiger partial charge in [0.2, 0.25) is 5.91 Å². The van der Waals surface area contributed by atoms with Crippen molar-refractivity contribution in [3.05, 3.63) is 58.9 Å². The van der Waals surface area contributed by atoms with Crippen molar-refractivity contribution in [1.82, 2.24) is 19.9 Å².